The van der Waals surface area contributed by atoms with E-state index in [1.165, 1.54) is 10.9 Å². The van der Waals surface area contributed by atoms with E-state index in [1.807, 2.05) is 4.90 Å². The van der Waals surface area contributed by atoms with Gasteiger partial charge in [-0.2, -0.15) is 0 Å². The molecule has 20 heavy (non-hydrogen) atoms. The van der Waals surface area contributed by atoms with Gasteiger partial charge in [0.25, 0.3) is 0 Å². The highest BCUT2D eigenvalue weighted by Crippen LogP contribution is 2.20. The third kappa shape index (κ3) is 3.15. The molecule has 0 atom stereocenters. The van der Waals surface area contributed by atoms with Crippen molar-refractivity contribution >= 4 is 15.8 Å². The fourth-order valence-corrected chi connectivity index (χ4v) is 2.92. The van der Waals surface area contributed by atoms with Crippen molar-refractivity contribution in [3.05, 3.63) is 11.9 Å². The van der Waals surface area contributed by atoms with Crippen molar-refractivity contribution in [2.75, 3.05) is 25.4 Å². The van der Waals surface area contributed by atoms with Crippen LogP contribution < -0.4 is 0 Å². The van der Waals surface area contributed by atoms with Crippen LogP contribution in [-0.2, 0) is 9.84 Å². The minimum absolute atomic E-state index is 0.0670. The zero-order chi connectivity index (χ0) is 14.9. The molecule has 1 aromatic rings. The van der Waals surface area contributed by atoms with Gasteiger partial charge in [-0.05, 0) is 13.8 Å². The number of carboxylic acid groups (broad SMARTS) is 1. The Morgan fingerprint density at radius 2 is 2.15 bits per heavy atom. The second kappa shape index (κ2) is 5.49. The van der Waals surface area contributed by atoms with E-state index in [-0.39, 0.29) is 22.7 Å². The molecule has 0 radical (unpaired) electrons. The summed E-state index contributed by atoms with van der Waals surface area (Å²) in [6.07, 6.45) is 1.40. The quantitative estimate of drug-likeness (QED) is 0.766. The minimum atomic E-state index is -3.01. The molecule has 0 aromatic carbocycles. The Bertz CT molecular complexity index is 589. The number of sulfone groups is 1. The zero-order valence-electron chi connectivity index (χ0n) is 11.4. The molecule has 1 aliphatic heterocycles. The van der Waals surface area contributed by atoms with E-state index in [0.717, 1.165) is 0 Å². The molecule has 8 nitrogen and oxygen atoms in total. The summed E-state index contributed by atoms with van der Waals surface area (Å²) >= 11 is 0. The molecule has 0 amide bonds. The van der Waals surface area contributed by atoms with Gasteiger partial charge in [0.05, 0.1) is 23.2 Å². The van der Waals surface area contributed by atoms with E-state index >= 15 is 0 Å². The van der Waals surface area contributed by atoms with Gasteiger partial charge in [0.2, 0.25) is 0 Å². The van der Waals surface area contributed by atoms with Crippen molar-refractivity contribution in [3.63, 3.8) is 0 Å². The Balaban J connectivity index is 1.81. The molecule has 1 aromatic heterocycles. The van der Waals surface area contributed by atoms with Crippen LogP contribution in [0.25, 0.3) is 0 Å². The molecule has 0 aliphatic carbocycles. The van der Waals surface area contributed by atoms with Gasteiger partial charge in [-0.1, -0.05) is 5.21 Å². The lowest BCUT2D eigenvalue weighted by Gasteiger charge is -2.38. The Labute approximate surface area is 117 Å². The number of carboxylic acids is 1. The van der Waals surface area contributed by atoms with Gasteiger partial charge >= 0.3 is 5.97 Å². The van der Waals surface area contributed by atoms with E-state index in [1.54, 1.807) is 13.8 Å². The van der Waals surface area contributed by atoms with Crippen molar-refractivity contribution in [3.8, 4) is 0 Å². The number of likely N-dealkylation sites (tertiary alicyclic amines) is 1. The number of hydrogen-bond acceptors (Lipinski definition) is 6. The van der Waals surface area contributed by atoms with Gasteiger partial charge in [0, 0.05) is 19.6 Å². The first-order chi connectivity index (χ1) is 9.29. The molecule has 1 N–H and O–H groups in total. The van der Waals surface area contributed by atoms with E-state index < -0.39 is 15.8 Å². The van der Waals surface area contributed by atoms with Gasteiger partial charge in [0.15, 0.2) is 15.5 Å². The van der Waals surface area contributed by atoms with Gasteiger partial charge < -0.3 is 5.11 Å². The molecule has 1 fully saturated rings. The molecular weight excluding hydrogens is 284 g/mol. The van der Waals surface area contributed by atoms with Crippen molar-refractivity contribution in [2.45, 2.75) is 25.1 Å². The maximum Gasteiger partial charge on any atom is 0.358 e. The number of rotatable bonds is 6. The molecule has 0 unspecified atom stereocenters. The summed E-state index contributed by atoms with van der Waals surface area (Å²) in [5, 5.41) is 15.7. The lowest BCUT2D eigenvalue weighted by molar-refractivity contribution is 0.0690. The summed E-state index contributed by atoms with van der Waals surface area (Å²) in [6, 6.07) is 0.0670. The Kier molecular flexibility index (Phi) is 4.09. The van der Waals surface area contributed by atoms with Crippen LogP contribution in [0.5, 0.6) is 0 Å². The maximum atomic E-state index is 11.7. The van der Waals surface area contributed by atoms with Crippen LogP contribution in [0, 0.1) is 0 Å². The predicted octanol–water partition coefficient (Wildman–Crippen LogP) is -0.344. The second-order valence-electron chi connectivity index (χ2n) is 5.22. The number of aromatic nitrogens is 3. The molecule has 1 aliphatic rings. The monoisotopic (exact) mass is 302 g/mol. The Morgan fingerprint density at radius 3 is 2.65 bits per heavy atom. The standard InChI is InChI=1S/C11H18N4O4S/c1-8(2)20(18,19)4-3-14-5-9(6-14)15-7-10(11(16)17)12-13-15/h7-9H,3-6H2,1-2H3,(H,16,17). The molecular formula is C11H18N4O4S. The summed E-state index contributed by atoms with van der Waals surface area (Å²) in [6.45, 7) is 5.18. The summed E-state index contributed by atoms with van der Waals surface area (Å²) in [7, 11) is -3.01. The number of aromatic carboxylic acids is 1. The minimum Gasteiger partial charge on any atom is -0.476 e. The van der Waals surface area contributed by atoms with Crippen LogP contribution in [0.4, 0.5) is 0 Å². The average Bonchev–Trinajstić information content (AvgIpc) is 2.75. The average molecular weight is 302 g/mol. The lowest BCUT2D eigenvalue weighted by atomic mass is 10.1. The van der Waals surface area contributed by atoms with E-state index in [2.05, 4.69) is 10.3 Å². The van der Waals surface area contributed by atoms with Gasteiger partial charge in [-0.3, -0.25) is 4.90 Å². The third-order valence-corrected chi connectivity index (χ3v) is 5.64. The van der Waals surface area contributed by atoms with Crippen molar-refractivity contribution in [2.24, 2.45) is 0 Å². The van der Waals surface area contributed by atoms with Crippen LogP contribution in [0.2, 0.25) is 0 Å². The van der Waals surface area contributed by atoms with E-state index in [4.69, 9.17) is 5.11 Å². The number of nitrogens with zero attached hydrogens (tertiary/aromatic N) is 4. The fourth-order valence-electron chi connectivity index (χ4n) is 1.94. The van der Waals surface area contributed by atoms with E-state index in [0.29, 0.717) is 19.6 Å². The first-order valence-corrected chi connectivity index (χ1v) is 8.10. The van der Waals surface area contributed by atoms with Crippen LogP contribution in [0.1, 0.15) is 30.4 Å². The normalized spacial score (nSPS) is 17.4. The molecule has 0 bridgehead atoms. The molecule has 9 heteroatoms. The largest absolute Gasteiger partial charge is 0.476 e. The van der Waals surface area contributed by atoms with Gasteiger partial charge in [-0.15, -0.1) is 5.10 Å². The summed E-state index contributed by atoms with van der Waals surface area (Å²) in [5.41, 5.74) is -0.0779. The van der Waals surface area contributed by atoms with Crippen molar-refractivity contribution in [1.82, 2.24) is 19.9 Å². The second-order valence-corrected chi connectivity index (χ2v) is 7.89. The molecule has 0 saturated carbocycles. The van der Waals surface area contributed by atoms with Crippen molar-refractivity contribution in [1.29, 1.82) is 0 Å². The van der Waals surface area contributed by atoms with Crippen LogP contribution in [0.3, 0.4) is 0 Å². The third-order valence-electron chi connectivity index (χ3n) is 3.45. The first-order valence-electron chi connectivity index (χ1n) is 6.38. The fraction of sp³-hybridized carbons (Fsp3) is 0.727. The highest BCUT2D eigenvalue weighted by molar-refractivity contribution is 7.92. The van der Waals surface area contributed by atoms with Gasteiger partial charge in [0.1, 0.15) is 0 Å². The zero-order valence-corrected chi connectivity index (χ0v) is 12.2. The van der Waals surface area contributed by atoms with Gasteiger partial charge in [-0.25, -0.2) is 17.9 Å². The topological polar surface area (TPSA) is 105 Å². The summed E-state index contributed by atoms with van der Waals surface area (Å²) in [4.78, 5) is 12.7. The van der Waals surface area contributed by atoms with Crippen LogP contribution in [-0.4, -0.2) is 70.0 Å². The maximum absolute atomic E-state index is 11.7. The molecule has 112 valence electrons. The Hall–Kier alpha value is -1.48. The smallest absolute Gasteiger partial charge is 0.358 e. The number of carbonyl (C=O) groups is 1. The summed E-state index contributed by atoms with van der Waals surface area (Å²) < 4.78 is 24.9. The Morgan fingerprint density at radius 1 is 1.50 bits per heavy atom. The highest BCUT2D eigenvalue weighted by Gasteiger charge is 2.30. The lowest BCUT2D eigenvalue weighted by Crippen LogP contribution is -2.49. The summed E-state index contributed by atoms with van der Waals surface area (Å²) in [5.74, 6) is -0.953. The molecule has 1 saturated heterocycles. The first kappa shape index (κ1) is 14.9. The van der Waals surface area contributed by atoms with Crippen molar-refractivity contribution < 1.29 is 18.3 Å². The highest BCUT2D eigenvalue weighted by atomic mass is 32.2. The number of hydrogen-bond donors (Lipinski definition) is 1. The van der Waals surface area contributed by atoms with Crippen LogP contribution >= 0.6 is 0 Å². The predicted molar refractivity (Wildman–Crippen MR) is 71.4 cm³/mol. The van der Waals surface area contributed by atoms with E-state index in [9.17, 15) is 13.2 Å². The van der Waals surface area contributed by atoms with Crippen LogP contribution in [0.15, 0.2) is 6.20 Å². The molecule has 2 heterocycles. The SMILES string of the molecule is CC(C)S(=O)(=O)CCN1CC(n2cc(C(=O)O)nn2)C1. The molecule has 0 spiro atoms. The molecule has 2 rings (SSSR count).